The third kappa shape index (κ3) is 1.51. The fourth-order valence-electron chi connectivity index (χ4n) is 1.91. The lowest BCUT2D eigenvalue weighted by Gasteiger charge is -2.20. The Bertz CT molecular complexity index is 514. The molecule has 1 unspecified atom stereocenters. The molecule has 1 aliphatic heterocycles. The van der Waals surface area contributed by atoms with Gasteiger partial charge in [-0.1, -0.05) is 0 Å². The minimum atomic E-state index is 0.494. The van der Waals surface area contributed by atoms with Gasteiger partial charge in [-0.3, -0.25) is 0 Å². The largest absolute Gasteiger partial charge is 0.352 e. The van der Waals surface area contributed by atoms with Gasteiger partial charge < -0.3 is 5.32 Å². The third-order valence-corrected chi connectivity index (χ3v) is 3.90. The molecule has 0 fully saturated rings. The van der Waals surface area contributed by atoms with Crippen molar-refractivity contribution in [1.82, 2.24) is 14.8 Å². The molecule has 2 aromatic rings. The highest BCUT2D eigenvalue weighted by molar-refractivity contribution is 7.13. The number of anilines is 1. The molecule has 5 heteroatoms. The maximum absolute atomic E-state index is 4.56. The first-order valence-electron chi connectivity index (χ1n) is 5.50. The average molecular weight is 234 g/mol. The first kappa shape index (κ1) is 9.84. The molecule has 0 aromatic carbocycles. The number of nitrogens with zero attached hydrogens (tertiary/aromatic N) is 3. The van der Waals surface area contributed by atoms with Crippen LogP contribution in [0.5, 0.6) is 0 Å². The lowest BCUT2D eigenvalue weighted by Crippen LogP contribution is -2.26. The SMILES string of the molecule is Cc1ccsc1-c1nc2n(n1)CCC(C)N2. The Morgan fingerprint density at radius 1 is 1.56 bits per heavy atom. The van der Waals surface area contributed by atoms with Gasteiger partial charge in [-0.15, -0.1) is 16.4 Å². The fourth-order valence-corrected chi connectivity index (χ4v) is 2.77. The number of aromatic nitrogens is 3. The summed E-state index contributed by atoms with van der Waals surface area (Å²) in [5.74, 6) is 1.76. The fraction of sp³-hybridized carbons (Fsp3) is 0.455. The molecule has 1 aliphatic rings. The van der Waals surface area contributed by atoms with Crippen molar-refractivity contribution >= 4 is 17.3 Å². The summed E-state index contributed by atoms with van der Waals surface area (Å²) in [4.78, 5) is 5.73. The Morgan fingerprint density at radius 2 is 2.44 bits per heavy atom. The Hall–Kier alpha value is -1.36. The van der Waals surface area contributed by atoms with Gasteiger partial charge in [-0.2, -0.15) is 4.98 Å². The first-order valence-corrected chi connectivity index (χ1v) is 6.38. The van der Waals surface area contributed by atoms with E-state index in [0.29, 0.717) is 6.04 Å². The summed E-state index contributed by atoms with van der Waals surface area (Å²) in [5, 5.41) is 9.98. The molecule has 84 valence electrons. The van der Waals surface area contributed by atoms with Crippen molar-refractivity contribution in [1.29, 1.82) is 0 Å². The van der Waals surface area contributed by atoms with Gasteiger partial charge in [0.25, 0.3) is 0 Å². The van der Waals surface area contributed by atoms with Crippen molar-refractivity contribution < 1.29 is 0 Å². The summed E-state index contributed by atoms with van der Waals surface area (Å²) in [6.07, 6.45) is 1.11. The van der Waals surface area contributed by atoms with Gasteiger partial charge in [-0.25, -0.2) is 4.68 Å². The predicted molar refractivity (Wildman–Crippen MR) is 65.8 cm³/mol. The Balaban J connectivity index is 2.02. The highest BCUT2D eigenvalue weighted by Gasteiger charge is 2.19. The molecule has 1 N–H and O–H groups in total. The number of hydrogen-bond donors (Lipinski definition) is 1. The van der Waals surface area contributed by atoms with Crippen LogP contribution in [-0.2, 0) is 6.54 Å². The minimum Gasteiger partial charge on any atom is -0.352 e. The number of nitrogens with one attached hydrogen (secondary N) is 1. The van der Waals surface area contributed by atoms with Crippen LogP contribution in [0, 0.1) is 6.92 Å². The molecule has 3 rings (SSSR count). The smallest absolute Gasteiger partial charge is 0.221 e. The average Bonchev–Trinajstić information content (AvgIpc) is 2.82. The van der Waals surface area contributed by atoms with Crippen molar-refractivity contribution in [3.63, 3.8) is 0 Å². The summed E-state index contributed by atoms with van der Waals surface area (Å²) in [7, 11) is 0. The maximum Gasteiger partial charge on any atom is 0.221 e. The van der Waals surface area contributed by atoms with E-state index in [0.717, 1.165) is 24.7 Å². The maximum atomic E-state index is 4.56. The number of aryl methyl sites for hydroxylation is 2. The van der Waals surface area contributed by atoms with Crippen molar-refractivity contribution in [3.8, 4) is 10.7 Å². The lowest BCUT2D eigenvalue weighted by molar-refractivity contribution is 0.510. The van der Waals surface area contributed by atoms with Crippen LogP contribution in [0.25, 0.3) is 10.7 Å². The second-order valence-electron chi connectivity index (χ2n) is 4.25. The first-order chi connectivity index (χ1) is 7.74. The highest BCUT2D eigenvalue weighted by Crippen LogP contribution is 2.28. The van der Waals surface area contributed by atoms with Crippen LogP contribution in [0.3, 0.4) is 0 Å². The van der Waals surface area contributed by atoms with Gasteiger partial charge in [0.05, 0.1) is 4.88 Å². The van der Waals surface area contributed by atoms with Crippen molar-refractivity contribution in [2.75, 3.05) is 5.32 Å². The molecule has 1 atom stereocenters. The number of fused-ring (bicyclic) bond motifs is 1. The zero-order valence-corrected chi connectivity index (χ0v) is 10.2. The normalized spacial score (nSPS) is 19.2. The Kier molecular flexibility index (Phi) is 2.21. The van der Waals surface area contributed by atoms with Gasteiger partial charge in [0.2, 0.25) is 5.95 Å². The molecule has 3 heterocycles. The van der Waals surface area contributed by atoms with Crippen LogP contribution in [0.1, 0.15) is 18.9 Å². The number of hydrogen-bond acceptors (Lipinski definition) is 4. The minimum absolute atomic E-state index is 0.494. The van der Waals surface area contributed by atoms with E-state index in [4.69, 9.17) is 0 Å². The number of rotatable bonds is 1. The summed E-state index contributed by atoms with van der Waals surface area (Å²) < 4.78 is 1.97. The quantitative estimate of drug-likeness (QED) is 0.824. The van der Waals surface area contributed by atoms with Gasteiger partial charge >= 0.3 is 0 Å². The van der Waals surface area contributed by atoms with Crippen LogP contribution < -0.4 is 5.32 Å². The third-order valence-electron chi connectivity index (χ3n) is 2.89. The van der Waals surface area contributed by atoms with Crippen LogP contribution in [-0.4, -0.2) is 20.8 Å². The van der Waals surface area contributed by atoms with Crippen molar-refractivity contribution in [2.45, 2.75) is 32.9 Å². The van der Waals surface area contributed by atoms with E-state index in [1.54, 1.807) is 11.3 Å². The zero-order valence-electron chi connectivity index (χ0n) is 9.40. The second kappa shape index (κ2) is 3.59. The zero-order chi connectivity index (χ0) is 11.1. The van der Waals surface area contributed by atoms with Crippen molar-refractivity contribution in [2.24, 2.45) is 0 Å². The van der Waals surface area contributed by atoms with E-state index in [2.05, 4.69) is 40.7 Å². The highest BCUT2D eigenvalue weighted by atomic mass is 32.1. The van der Waals surface area contributed by atoms with Crippen molar-refractivity contribution in [3.05, 3.63) is 17.0 Å². The molecule has 0 bridgehead atoms. The van der Waals surface area contributed by atoms with Gasteiger partial charge in [0.1, 0.15) is 0 Å². The van der Waals surface area contributed by atoms with Crippen LogP contribution >= 0.6 is 11.3 Å². The summed E-state index contributed by atoms with van der Waals surface area (Å²) in [6, 6.07) is 2.60. The van der Waals surface area contributed by atoms with E-state index in [1.807, 2.05) is 4.68 Å². The monoisotopic (exact) mass is 234 g/mol. The molecule has 0 amide bonds. The second-order valence-corrected chi connectivity index (χ2v) is 5.17. The lowest BCUT2D eigenvalue weighted by atomic mass is 10.2. The van der Waals surface area contributed by atoms with Gasteiger partial charge in [-0.05, 0) is 37.3 Å². The van der Waals surface area contributed by atoms with Crippen LogP contribution in [0.15, 0.2) is 11.4 Å². The molecule has 16 heavy (non-hydrogen) atoms. The molecular formula is C11H14N4S. The summed E-state index contributed by atoms with van der Waals surface area (Å²) in [5.41, 5.74) is 1.25. The number of thiophene rings is 1. The molecule has 0 saturated carbocycles. The van der Waals surface area contributed by atoms with E-state index < -0.39 is 0 Å². The van der Waals surface area contributed by atoms with E-state index in [-0.39, 0.29) is 0 Å². The molecule has 0 radical (unpaired) electrons. The molecular weight excluding hydrogens is 220 g/mol. The summed E-state index contributed by atoms with van der Waals surface area (Å²) >= 11 is 1.70. The van der Waals surface area contributed by atoms with E-state index in [1.165, 1.54) is 10.4 Å². The standard InChI is InChI=1S/C11H14N4S/c1-7-4-6-16-9(7)10-13-11-12-8(2)3-5-15(11)14-10/h4,6,8H,3,5H2,1-2H3,(H,12,13,14). The summed E-state index contributed by atoms with van der Waals surface area (Å²) in [6.45, 7) is 5.23. The van der Waals surface area contributed by atoms with Gasteiger partial charge in [0.15, 0.2) is 5.82 Å². The van der Waals surface area contributed by atoms with Crippen LogP contribution in [0.4, 0.5) is 5.95 Å². The molecule has 0 spiro atoms. The predicted octanol–water partition coefficient (Wildman–Crippen LogP) is 2.52. The molecule has 0 saturated heterocycles. The van der Waals surface area contributed by atoms with Crippen LogP contribution in [0.2, 0.25) is 0 Å². The molecule has 2 aromatic heterocycles. The Labute approximate surface area is 98.3 Å². The molecule has 4 nitrogen and oxygen atoms in total. The topological polar surface area (TPSA) is 42.7 Å². The van der Waals surface area contributed by atoms with E-state index >= 15 is 0 Å². The molecule has 0 aliphatic carbocycles. The Morgan fingerprint density at radius 3 is 3.19 bits per heavy atom. The van der Waals surface area contributed by atoms with Gasteiger partial charge in [0, 0.05) is 12.6 Å². The van der Waals surface area contributed by atoms with E-state index in [9.17, 15) is 0 Å².